The minimum absolute atomic E-state index is 0.0354. The van der Waals surface area contributed by atoms with Crippen LogP contribution < -0.4 is 5.32 Å². The molecule has 0 bridgehead atoms. The molecule has 0 aliphatic carbocycles. The Morgan fingerprint density at radius 1 is 1.31 bits per heavy atom. The summed E-state index contributed by atoms with van der Waals surface area (Å²) in [5.74, 6) is -0.249. The summed E-state index contributed by atoms with van der Waals surface area (Å²) in [5, 5.41) is 3.49. The van der Waals surface area contributed by atoms with Gasteiger partial charge in [-0.25, -0.2) is 0 Å². The van der Waals surface area contributed by atoms with Crippen molar-refractivity contribution < 1.29 is 9.59 Å². The first-order valence-electron chi connectivity index (χ1n) is 9.13. The summed E-state index contributed by atoms with van der Waals surface area (Å²) in [6, 6.07) is 7.09. The number of hydrogen-bond donors (Lipinski definition) is 1. The third-order valence-corrected chi connectivity index (χ3v) is 5.61. The average Bonchev–Trinajstić information content (AvgIpc) is 2.63. The second kappa shape index (κ2) is 10.6. The zero-order chi connectivity index (χ0) is 18.9. The number of para-hydroxylation sites is 1. The highest BCUT2D eigenvalue weighted by molar-refractivity contribution is 8.15. The van der Waals surface area contributed by atoms with Crippen LogP contribution in [0.3, 0.4) is 0 Å². The molecule has 0 spiro atoms. The number of hydrogen-bond acceptors (Lipinski definition) is 4. The molecular formula is C19H26ClN3O2S. The molecule has 1 heterocycles. The van der Waals surface area contributed by atoms with Crippen LogP contribution in [0.25, 0.3) is 0 Å². The van der Waals surface area contributed by atoms with Gasteiger partial charge in [0.1, 0.15) is 5.25 Å². The number of unbranched alkanes of at least 4 members (excludes halogenated alkanes) is 2. The van der Waals surface area contributed by atoms with Gasteiger partial charge in [-0.2, -0.15) is 0 Å². The van der Waals surface area contributed by atoms with E-state index in [1.807, 2.05) is 6.07 Å². The zero-order valence-corrected chi connectivity index (χ0v) is 16.9. The first-order chi connectivity index (χ1) is 12.6. The molecule has 1 aromatic carbocycles. The molecule has 1 fully saturated rings. The molecule has 2 rings (SSSR count). The molecule has 1 aliphatic heterocycles. The predicted octanol–water partition coefficient (Wildman–Crippen LogP) is 4.57. The monoisotopic (exact) mass is 395 g/mol. The molecule has 0 aromatic heterocycles. The number of thioether (sulfide) groups is 1. The molecule has 0 radical (unpaired) electrons. The standard InChI is InChI=1S/C19H26ClN3O2S/c1-3-5-11-21-19-23(12-6-4-2)17(24)13-16(26-19)18(25)22-15-10-8-7-9-14(15)20/h7-10,16H,3-6,11-13H2,1-2H3,(H,22,25)/t16-/m0/s1. The highest BCUT2D eigenvalue weighted by atomic mass is 35.5. The molecule has 1 saturated heterocycles. The molecule has 142 valence electrons. The van der Waals surface area contributed by atoms with Crippen molar-refractivity contribution in [2.45, 2.75) is 51.2 Å². The van der Waals surface area contributed by atoms with Gasteiger partial charge in [-0.3, -0.25) is 19.5 Å². The summed E-state index contributed by atoms with van der Waals surface area (Å²) < 4.78 is 0. The van der Waals surface area contributed by atoms with Crippen molar-refractivity contribution in [2.24, 2.45) is 4.99 Å². The van der Waals surface area contributed by atoms with Crippen LogP contribution in [-0.4, -0.2) is 40.2 Å². The Morgan fingerprint density at radius 3 is 2.73 bits per heavy atom. The number of carbonyl (C=O) groups is 2. The van der Waals surface area contributed by atoms with Crippen LogP contribution in [0.1, 0.15) is 46.0 Å². The molecule has 7 heteroatoms. The fraction of sp³-hybridized carbons (Fsp3) is 0.526. The quantitative estimate of drug-likeness (QED) is 0.656. The lowest BCUT2D eigenvalue weighted by atomic mass is 10.2. The van der Waals surface area contributed by atoms with Gasteiger partial charge in [-0.15, -0.1) is 0 Å². The van der Waals surface area contributed by atoms with E-state index in [4.69, 9.17) is 11.6 Å². The Morgan fingerprint density at radius 2 is 2.04 bits per heavy atom. The number of aliphatic imine (C=N–C) groups is 1. The van der Waals surface area contributed by atoms with Gasteiger partial charge in [-0.05, 0) is 25.0 Å². The topological polar surface area (TPSA) is 61.8 Å². The van der Waals surface area contributed by atoms with E-state index in [-0.39, 0.29) is 18.2 Å². The van der Waals surface area contributed by atoms with E-state index in [1.165, 1.54) is 11.8 Å². The summed E-state index contributed by atoms with van der Waals surface area (Å²) in [5.41, 5.74) is 0.560. The van der Waals surface area contributed by atoms with Crippen LogP contribution in [0, 0.1) is 0 Å². The fourth-order valence-electron chi connectivity index (χ4n) is 2.52. The molecule has 1 N–H and O–H groups in total. The van der Waals surface area contributed by atoms with Crippen LogP contribution in [0.2, 0.25) is 5.02 Å². The normalized spacial score (nSPS) is 19.0. The van der Waals surface area contributed by atoms with E-state index in [0.717, 1.165) is 25.7 Å². The summed E-state index contributed by atoms with van der Waals surface area (Å²) in [6.45, 7) is 5.53. The van der Waals surface area contributed by atoms with E-state index in [9.17, 15) is 9.59 Å². The van der Waals surface area contributed by atoms with Gasteiger partial charge < -0.3 is 5.32 Å². The lowest BCUT2D eigenvalue weighted by Crippen LogP contribution is -2.45. The summed E-state index contributed by atoms with van der Waals surface area (Å²) in [6.07, 6.45) is 4.12. The van der Waals surface area contributed by atoms with Crippen LogP contribution in [-0.2, 0) is 9.59 Å². The number of anilines is 1. The Balaban J connectivity index is 2.10. The molecule has 0 saturated carbocycles. The number of halogens is 1. The number of carbonyl (C=O) groups excluding carboxylic acids is 2. The molecule has 0 unspecified atom stereocenters. The maximum Gasteiger partial charge on any atom is 0.238 e. The zero-order valence-electron chi connectivity index (χ0n) is 15.3. The Labute approximate surface area is 164 Å². The molecule has 5 nitrogen and oxygen atoms in total. The minimum atomic E-state index is -0.489. The lowest BCUT2D eigenvalue weighted by Gasteiger charge is -2.31. The highest BCUT2D eigenvalue weighted by Crippen LogP contribution is 2.29. The van der Waals surface area contributed by atoms with E-state index in [1.54, 1.807) is 23.1 Å². The number of nitrogens with one attached hydrogen (secondary N) is 1. The number of amides is 2. The van der Waals surface area contributed by atoms with Crippen molar-refractivity contribution in [3.8, 4) is 0 Å². The third kappa shape index (κ3) is 5.74. The first-order valence-corrected chi connectivity index (χ1v) is 10.4. The van der Waals surface area contributed by atoms with Crippen molar-refractivity contribution in [3.63, 3.8) is 0 Å². The van der Waals surface area contributed by atoms with Crippen LogP contribution in [0.4, 0.5) is 5.69 Å². The number of amidine groups is 1. The SMILES string of the molecule is CCCCN=C1S[C@H](C(=O)Nc2ccccc2Cl)CC(=O)N1CCCC. The molecule has 2 amide bonds. The van der Waals surface area contributed by atoms with Gasteiger partial charge in [0.25, 0.3) is 0 Å². The van der Waals surface area contributed by atoms with Crippen molar-refractivity contribution in [3.05, 3.63) is 29.3 Å². The minimum Gasteiger partial charge on any atom is -0.324 e. The predicted molar refractivity (Wildman–Crippen MR) is 110 cm³/mol. The average molecular weight is 396 g/mol. The second-order valence-corrected chi connectivity index (χ2v) is 7.77. The summed E-state index contributed by atoms with van der Waals surface area (Å²) in [4.78, 5) is 31.6. The van der Waals surface area contributed by atoms with Gasteiger partial charge in [0, 0.05) is 19.5 Å². The van der Waals surface area contributed by atoms with E-state index in [0.29, 0.717) is 29.0 Å². The summed E-state index contributed by atoms with van der Waals surface area (Å²) >= 11 is 7.49. The smallest absolute Gasteiger partial charge is 0.238 e. The maximum atomic E-state index is 12.6. The number of benzene rings is 1. The molecular weight excluding hydrogens is 370 g/mol. The van der Waals surface area contributed by atoms with Gasteiger partial charge in [-0.1, -0.05) is 62.2 Å². The van der Waals surface area contributed by atoms with Gasteiger partial charge in [0.15, 0.2) is 5.17 Å². The van der Waals surface area contributed by atoms with E-state index >= 15 is 0 Å². The second-order valence-electron chi connectivity index (χ2n) is 6.20. The fourth-order valence-corrected chi connectivity index (χ4v) is 3.84. The largest absolute Gasteiger partial charge is 0.324 e. The Bertz CT molecular complexity index is 666. The molecule has 26 heavy (non-hydrogen) atoms. The molecule has 1 aliphatic rings. The van der Waals surface area contributed by atoms with Gasteiger partial charge in [0.2, 0.25) is 11.8 Å². The third-order valence-electron chi connectivity index (χ3n) is 4.06. The number of rotatable bonds is 8. The Hall–Kier alpha value is -1.53. The lowest BCUT2D eigenvalue weighted by molar-refractivity contribution is -0.129. The van der Waals surface area contributed by atoms with Crippen molar-refractivity contribution in [1.82, 2.24) is 4.90 Å². The van der Waals surface area contributed by atoms with Gasteiger partial charge in [0.05, 0.1) is 10.7 Å². The van der Waals surface area contributed by atoms with Crippen molar-refractivity contribution in [2.75, 3.05) is 18.4 Å². The van der Waals surface area contributed by atoms with E-state index < -0.39 is 5.25 Å². The summed E-state index contributed by atoms with van der Waals surface area (Å²) in [7, 11) is 0. The number of nitrogens with zero attached hydrogens (tertiary/aromatic N) is 2. The molecule has 1 atom stereocenters. The van der Waals surface area contributed by atoms with Crippen LogP contribution >= 0.6 is 23.4 Å². The van der Waals surface area contributed by atoms with Crippen LogP contribution in [0.15, 0.2) is 29.3 Å². The van der Waals surface area contributed by atoms with Crippen molar-refractivity contribution >= 4 is 46.0 Å². The first kappa shape index (κ1) is 20.8. The maximum absolute atomic E-state index is 12.6. The van der Waals surface area contributed by atoms with Crippen molar-refractivity contribution in [1.29, 1.82) is 0 Å². The molecule has 1 aromatic rings. The van der Waals surface area contributed by atoms with Crippen LogP contribution in [0.5, 0.6) is 0 Å². The highest BCUT2D eigenvalue weighted by Gasteiger charge is 2.35. The van der Waals surface area contributed by atoms with Gasteiger partial charge >= 0.3 is 0 Å². The van der Waals surface area contributed by atoms with E-state index in [2.05, 4.69) is 24.2 Å². The Kier molecular flexibility index (Phi) is 8.45.